The summed E-state index contributed by atoms with van der Waals surface area (Å²) in [5, 5.41) is 12.6. The number of piperidine rings is 1. The number of hydrogen-bond donors (Lipinski definition) is 2. The lowest BCUT2D eigenvalue weighted by Gasteiger charge is -2.44. The summed E-state index contributed by atoms with van der Waals surface area (Å²) < 4.78 is 28.3. The van der Waals surface area contributed by atoms with Crippen molar-refractivity contribution in [3.05, 3.63) is 0 Å². The lowest BCUT2D eigenvalue weighted by molar-refractivity contribution is -0.224. The molecule has 0 bridgehead atoms. The van der Waals surface area contributed by atoms with Gasteiger partial charge in [-0.05, 0) is 32.1 Å². The van der Waals surface area contributed by atoms with Gasteiger partial charge in [-0.25, -0.2) is 0 Å². The summed E-state index contributed by atoms with van der Waals surface area (Å²) in [5.41, 5.74) is -2.19. The number of hydrogen-bond acceptors (Lipinski definition) is 3. The Morgan fingerprint density at radius 1 is 1.38 bits per heavy atom. The zero-order chi connectivity index (χ0) is 15.7. The van der Waals surface area contributed by atoms with Gasteiger partial charge in [0.05, 0.1) is 0 Å². The molecule has 1 aliphatic heterocycles. The van der Waals surface area contributed by atoms with Gasteiger partial charge in [0.2, 0.25) is 5.91 Å². The van der Waals surface area contributed by atoms with Gasteiger partial charge in [0.15, 0.2) is 0 Å². The Morgan fingerprint density at radius 2 is 2.05 bits per heavy atom. The van der Waals surface area contributed by atoms with Crippen LogP contribution in [0.1, 0.15) is 45.4 Å². The Hall–Kier alpha value is -1.24. The molecular weight excluding hydrogens is 282 g/mol. The SMILES string of the molecule is CCC(=O)NC1CCCN(C(=O)C(F)(F)C2(O)CCC2)C1. The Bertz CT molecular complexity index is 424. The molecular formula is C14H22F2N2O3. The van der Waals surface area contributed by atoms with E-state index in [1.54, 1.807) is 6.92 Å². The van der Waals surface area contributed by atoms with Gasteiger partial charge in [-0.1, -0.05) is 6.92 Å². The Kier molecular flexibility index (Phi) is 4.51. The fraction of sp³-hybridized carbons (Fsp3) is 0.857. The van der Waals surface area contributed by atoms with Gasteiger partial charge in [-0.15, -0.1) is 0 Å². The third-order valence-electron chi connectivity index (χ3n) is 4.43. The molecule has 1 heterocycles. The number of nitrogens with zero attached hydrogens (tertiary/aromatic N) is 1. The van der Waals surface area contributed by atoms with Crippen LogP contribution >= 0.6 is 0 Å². The number of amides is 2. The van der Waals surface area contributed by atoms with Crippen LogP contribution in [0.3, 0.4) is 0 Å². The number of likely N-dealkylation sites (tertiary alicyclic amines) is 1. The van der Waals surface area contributed by atoms with Crippen LogP contribution in [0.4, 0.5) is 8.78 Å². The predicted molar refractivity (Wildman–Crippen MR) is 71.8 cm³/mol. The van der Waals surface area contributed by atoms with Crippen molar-refractivity contribution in [1.82, 2.24) is 10.2 Å². The number of carbonyl (C=O) groups excluding carboxylic acids is 2. The van der Waals surface area contributed by atoms with Crippen molar-refractivity contribution in [3.63, 3.8) is 0 Å². The van der Waals surface area contributed by atoms with Crippen LogP contribution in [0.5, 0.6) is 0 Å². The minimum Gasteiger partial charge on any atom is -0.383 e. The van der Waals surface area contributed by atoms with Gasteiger partial charge in [0.25, 0.3) is 5.91 Å². The molecule has 1 saturated heterocycles. The van der Waals surface area contributed by atoms with E-state index in [9.17, 15) is 23.5 Å². The first kappa shape index (κ1) is 16.1. The highest BCUT2D eigenvalue weighted by molar-refractivity contribution is 5.85. The third-order valence-corrected chi connectivity index (χ3v) is 4.43. The second-order valence-corrected chi connectivity index (χ2v) is 5.97. The Labute approximate surface area is 122 Å². The fourth-order valence-corrected chi connectivity index (χ4v) is 2.83. The van der Waals surface area contributed by atoms with Gasteiger partial charge in [0.1, 0.15) is 5.60 Å². The number of aliphatic hydroxyl groups is 1. The lowest BCUT2D eigenvalue weighted by Crippen LogP contribution is -2.63. The van der Waals surface area contributed by atoms with E-state index in [0.29, 0.717) is 25.7 Å². The topological polar surface area (TPSA) is 69.6 Å². The smallest absolute Gasteiger partial charge is 0.352 e. The number of halogens is 2. The van der Waals surface area contributed by atoms with E-state index < -0.39 is 17.4 Å². The van der Waals surface area contributed by atoms with Crippen molar-refractivity contribution in [2.75, 3.05) is 13.1 Å². The van der Waals surface area contributed by atoms with Crippen LogP contribution in [0.2, 0.25) is 0 Å². The van der Waals surface area contributed by atoms with E-state index in [2.05, 4.69) is 5.32 Å². The van der Waals surface area contributed by atoms with Crippen LogP contribution in [-0.4, -0.2) is 52.5 Å². The first-order valence-electron chi connectivity index (χ1n) is 7.49. The second-order valence-electron chi connectivity index (χ2n) is 5.97. The van der Waals surface area contributed by atoms with Gasteiger partial charge in [-0.3, -0.25) is 9.59 Å². The molecule has 5 nitrogen and oxygen atoms in total. The summed E-state index contributed by atoms with van der Waals surface area (Å²) in [6, 6.07) is -0.290. The molecule has 2 N–H and O–H groups in total. The first-order valence-corrected chi connectivity index (χ1v) is 7.49. The van der Waals surface area contributed by atoms with Crippen molar-refractivity contribution >= 4 is 11.8 Å². The molecule has 0 aromatic heterocycles. The first-order chi connectivity index (χ1) is 9.80. The van der Waals surface area contributed by atoms with E-state index in [4.69, 9.17) is 0 Å². The fourth-order valence-electron chi connectivity index (χ4n) is 2.83. The number of rotatable bonds is 4. The maximum Gasteiger partial charge on any atom is 0.352 e. The molecule has 0 spiro atoms. The molecule has 1 atom stereocenters. The third kappa shape index (κ3) is 3.02. The summed E-state index contributed by atoms with van der Waals surface area (Å²) in [6.07, 6.45) is 1.97. The van der Waals surface area contributed by atoms with Crippen molar-refractivity contribution < 1.29 is 23.5 Å². The highest BCUT2D eigenvalue weighted by Gasteiger charge is 2.62. The zero-order valence-electron chi connectivity index (χ0n) is 12.2. The average molecular weight is 304 g/mol. The van der Waals surface area contributed by atoms with Crippen LogP contribution in [0.15, 0.2) is 0 Å². The zero-order valence-corrected chi connectivity index (χ0v) is 12.2. The molecule has 2 amide bonds. The summed E-state index contributed by atoms with van der Waals surface area (Å²) in [7, 11) is 0. The molecule has 120 valence electrons. The van der Waals surface area contributed by atoms with Gasteiger partial charge in [0, 0.05) is 25.6 Å². The summed E-state index contributed by atoms with van der Waals surface area (Å²) in [5.74, 6) is -5.22. The molecule has 2 fully saturated rings. The number of carbonyl (C=O) groups is 2. The van der Waals surface area contributed by atoms with Crippen LogP contribution in [0.25, 0.3) is 0 Å². The minimum atomic E-state index is -3.75. The summed E-state index contributed by atoms with van der Waals surface area (Å²) >= 11 is 0. The predicted octanol–water partition coefficient (Wildman–Crippen LogP) is 1.05. The molecule has 1 saturated carbocycles. The molecule has 0 radical (unpaired) electrons. The molecule has 0 aromatic carbocycles. The van der Waals surface area contributed by atoms with Crippen LogP contribution < -0.4 is 5.32 Å². The van der Waals surface area contributed by atoms with E-state index in [1.165, 1.54) is 0 Å². The lowest BCUT2D eigenvalue weighted by atomic mass is 9.75. The van der Waals surface area contributed by atoms with E-state index in [0.717, 1.165) is 4.90 Å². The molecule has 2 aliphatic rings. The van der Waals surface area contributed by atoms with Crippen molar-refractivity contribution in [1.29, 1.82) is 0 Å². The quantitative estimate of drug-likeness (QED) is 0.816. The van der Waals surface area contributed by atoms with E-state index in [1.807, 2.05) is 0 Å². The minimum absolute atomic E-state index is 0.0461. The van der Waals surface area contributed by atoms with Crippen molar-refractivity contribution in [2.24, 2.45) is 0 Å². The molecule has 21 heavy (non-hydrogen) atoms. The standard InChI is InChI=1S/C14H22F2N2O3/c1-2-11(19)17-10-5-3-8-18(9-10)12(20)14(15,16)13(21)6-4-7-13/h10,21H,2-9H2,1H3,(H,17,19). The molecule has 1 aliphatic carbocycles. The van der Waals surface area contributed by atoms with Crippen LogP contribution in [0, 0.1) is 0 Å². The normalized spacial score (nSPS) is 25.1. The van der Waals surface area contributed by atoms with Gasteiger partial charge in [-0.2, -0.15) is 8.78 Å². The highest BCUT2D eigenvalue weighted by atomic mass is 19.3. The van der Waals surface area contributed by atoms with Gasteiger partial charge >= 0.3 is 5.92 Å². The van der Waals surface area contributed by atoms with Crippen molar-refractivity contribution in [3.8, 4) is 0 Å². The summed E-state index contributed by atoms with van der Waals surface area (Å²) in [6.45, 7) is 2.03. The second kappa shape index (κ2) is 5.87. The van der Waals surface area contributed by atoms with Crippen molar-refractivity contribution in [2.45, 2.75) is 63.0 Å². The Morgan fingerprint density at radius 3 is 2.57 bits per heavy atom. The molecule has 0 aromatic rings. The maximum absolute atomic E-state index is 14.2. The van der Waals surface area contributed by atoms with E-state index in [-0.39, 0.29) is 37.9 Å². The molecule has 2 rings (SSSR count). The number of alkyl halides is 2. The van der Waals surface area contributed by atoms with E-state index >= 15 is 0 Å². The maximum atomic E-state index is 14.2. The highest BCUT2D eigenvalue weighted by Crippen LogP contribution is 2.45. The summed E-state index contributed by atoms with van der Waals surface area (Å²) in [4.78, 5) is 24.5. The monoisotopic (exact) mass is 304 g/mol. The van der Waals surface area contributed by atoms with Gasteiger partial charge < -0.3 is 15.3 Å². The molecule has 1 unspecified atom stereocenters. The Balaban J connectivity index is 2.00. The average Bonchev–Trinajstić information content (AvgIpc) is 2.43. The van der Waals surface area contributed by atoms with Crippen LogP contribution in [-0.2, 0) is 9.59 Å². The largest absolute Gasteiger partial charge is 0.383 e. The molecule has 7 heteroatoms. The number of nitrogens with one attached hydrogen (secondary N) is 1.